The Labute approximate surface area is 151 Å². The molecule has 1 unspecified atom stereocenters. The Kier molecular flexibility index (Phi) is 4.12. The van der Waals surface area contributed by atoms with Gasteiger partial charge in [0.15, 0.2) is 4.96 Å². The van der Waals surface area contributed by atoms with Gasteiger partial charge in [-0.3, -0.25) is 9.20 Å². The van der Waals surface area contributed by atoms with Crippen LogP contribution in [-0.2, 0) is 30.5 Å². The fourth-order valence-corrected chi connectivity index (χ4v) is 5.07. The van der Waals surface area contributed by atoms with Crippen LogP contribution in [0.15, 0.2) is 24.3 Å². The third-order valence-corrected chi connectivity index (χ3v) is 6.22. The number of hydrogen-bond acceptors (Lipinski definition) is 3. The molecule has 0 radical (unpaired) electrons. The number of aliphatic carboxylic acids is 1. The topological polar surface area (TPSA) is 54.6 Å². The number of aromatic nitrogens is 2. The average Bonchev–Trinajstić information content (AvgIpc) is 3.10. The molecule has 0 saturated heterocycles. The summed E-state index contributed by atoms with van der Waals surface area (Å²) in [6.07, 6.45) is 4.24. The third kappa shape index (κ3) is 2.86. The van der Waals surface area contributed by atoms with Crippen LogP contribution in [0, 0.1) is 5.92 Å². The molecule has 1 aliphatic carbocycles. The quantitative estimate of drug-likeness (QED) is 0.756. The Morgan fingerprint density at radius 3 is 2.80 bits per heavy atom. The fourth-order valence-electron chi connectivity index (χ4n) is 3.72. The van der Waals surface area contributed by atoms with Crippen molar-refractivity contribution in [3.05, 3.63) is 46.1 Å². The van der Waals surface area contributed by atoms with Crippen LogP contribution in [0.4, 0.5) is 0 Å². The molecule has 1 aliphatic rings. The van der Waals surface area contributed by atoms with E-state index in [0.717, 1.165) is 47.6 Å². The van der Waals surface area contributed by atoms with Crippen molar-refractivity contribution in [3.63, 3.8) is 0 Å². The molecule has 4 nitrogen and oxygen atoms in total. The SMILES string of the molecule is CCc1ccc(-c2nc3sc4c(n3c2CC(=O)O)CCC(C)C4)cc1. The molecule has 0 saturated carbocycles. The van der Waals surface area contributed by atoms with Crippen LogP contribution in [0.2, 0.25) is 0 Å². The third-order valence-electron chi connectivity index (χ3n) is 5.11. The monoisotopic (exact) mass is 354 g/mol. The van der Waals surface area contributed by atoms with Crippen molar-refractivity contribution < 1.29 is 9.90 Å². The molecule has 0 spiro atoms. The zero-order valence-corrected chi connectivity index (χ0v) is 15.4. The van der Waals surface area contributed by atoms with Gasteiger partial charge in [0.25, 0.3) is 0 Å². The van der Waals surface area contributed by atoms with Crippen LogP contribution in [0.3, 0.4) is 0 Å². The largest absolute Gasteiger partial charge is 0.481 e. The minimum absolute atomic E-state index is 0.00472. The Morgan fingerprint density at radius 2 is 2.12 bits per heavy atom. The molecule has 1 atom stereocenters. The number of nitrogens with zero attached hydrogens (tertiary/aromatic N) is 2. The van der Waals surface area contributed by atoms with Gasteiger partial charge in [-0.25, -0.2) is 4.98 Å². The van der Waals surface area contributed by atoms with Crippen molar-refractivity contribution in [2.24, 2.45) is 5.92 Å². The molecule has 0 amide bonds. The van der Waals surface area contributed by atoms with E-state index in [1.807, 2.05) is 0 Å². The highest BCUT2D eigenvalue weighted by Crippen LogP contribution is 2.36. The van der Waals surface area contributed by atoms with Gasteiger partial charge in [0, 0.05) is 16.1 Å². The standard InChI is InChI=1S/C20H22N2O2S/c1-3-13-5-7-14(8-6-13)19-16(11-18(23)24)22-15-9-4-12(2)10-17(15)25-20(22)21-19/h5-8,12H,3-4,9-11H2,1-2H3,(H,23,24). The highest BCUT2D eigenvalue weighted by atomic mass is 32.1. The highest BCUT2D eigenvalue weighted by molar-refractivity contribution is 7.17. The number of aryl methyl sites for hydroxylation is 2. The maximum atomic E-state index is 11.5. The predicted octanol–water partition coefficient (Wildman–Crippen LogP) is 4.38. The Bertz CT molecular complexity index is 937. The van der Waals surface area contributed by atoms with E-state index in [4.69, 9.17) is 4.98 Å². The summed E-state index contributed by atoms with van der Waals surface area (Å²) in [5.41, 5.74) is 5.19. The van der Waals surface area contributed by atoms with Crippen molar-refractivity contribution in [3.8, 4) is 11.3 Å². The number of imidazole rings is 1. The predicted molar refractivity (Wildman–Crippen MR) is 100 cm³/mol. The van der Waals surface area contributed by atoms with E-state index in [1.165, 1.54) is 16.1 Å². The summed E-state index contributed by atoms with van der Waals surface area (Å²) in [6, 6.07) is 8.32. The normalized spacial score (nSPS) is 17.0. The number of carboxylic acids is 1. The summed E-state index contributed by atoms with van der Waals surface area (Å²) in [4.78, 5) is 18.6. The zero-order valence-electron chi connectivity index (χ0n) is 14.6. The lowest BCUT2D eigenvalue weighted by molar-refractivity contribution is -0.136. The van der Waals surface area contributed by atoms with Gasteiger partial charge < -0.3 is 5.11 Å². The van der Waals surface area contributed by atoms with Crippen molar-refractivity contribution in [2.75, 3.05) is 0 Å². The van der Waals surface area contributed by atoms with Crippen LogP contribution < -0.4 is 0 Å². The number of rotatable bonds is 4. The number of hydrogen-bond donors (Lipinski definition) is 1. The number of benzene rings is 1. The van der Waals surface area contributed by atoms with Crippen LogP contribution >= 0.6 is 11.3 Å². The van der Waals surface area contributed by atoms with Crippen molar-refractivity contribution in [1.82, 2.24) is 9.38 Å². The summed E-state index contributed by atoms with van der Waals surface area (Å²) < 4.78 is 2.13. The van der Waals surface area contributed by atoms with Crippen LogP contribution in [0.1, 0.15) is 42.1 Å². The molecule has 2 aromatic heterocycles. The smallest absolute Gasteiger partial charge is 0.309 e. The molecule has 25 heavy (non-hydrogen) atoms. The summed E-state index contributed by atoms with van der Waals surface area (Å²) in [7, 11) is 0. The molecule has 1 N–H and O–H groups in total. The Hall–Kier alpha value is -2.14. The summed E-state index contributed by atoms with van der Waals surface area (Å²) >= 11 is 1.73. The van der Waals surface area contributed by atoms with Gasteiger partial charge in [-0.2, -0.15) is 0 Å². The van der Waals surface area contributed by atoms with Gasteiger partial charge in [-0.15, -0.1) is 11.3 Å². The molecule has 5 heteroatoms. The summed E-state index contributed by atoms with van der Waals surface area (Å²) in [6.45, 7) is 4.41. The first-order chi connectivity index (χ1) is 12.1. The van der Waals surface area contributed by atoms with E-state index in [9.17, 15) is 9.90 Å². The lowest BCUT2D eigenvalue weighted by Gasteiger charge is -2.18. The number of thiazole rings is 1. The molecule has 130 valence electrons. The van der Waals surface area contributed by atoms with E-state index >= 15 is 0 Å². The van der Waals surface area contributed by atoms with Crippen molar-refractivity contribution in [1.29, 1.82) is 0 Å². The first-order valence-electron chi connectivity index (χ1n) is 8.89. The van der Waals surface area contributed by atoms with E-state index in [-0.39, 0.29) is 6.42 Å². The Morgan fingerprint density at radius 1 is 1.36 bits per heavy atom. The molecule has 3 aromatic rings. The van der Waals surface area contributed by atoms with Crippen LogP contribution in [0.25, 0.3) is 16.2 Å². The van der Waals surface area contributed by atoms with E-state index in [0.29, 0.717) is 5.92 Å². The fraction of sp³-hybridized carbons (Fsp3) is 0.400. The number of carbonyl (C=O) groups is 1. The van der Waals surface area contributed by atoms with Gasteiger partial charge in [0.1, 0.15) is 0 Å². The molecular weight excluding hydrogens is 332 g/mol. The van der Waals surface area contributed by atoms with Crippen molar-refractivity contribution in [2.45, 2.75) is 46.0 Å². The molecule has 2 heterocycles. The molecule has 1 aromatic carbocycles. The van der Waals surface area contributed by atoms with E-state index in [1.54, 1.807) is 11.3 Å². The van der Waals surface area contributed by atoms with Gasteiger partial charge >= 0.3 is 5.97 Å². The highest BCUT2D eigenvalue weighted by Gasteiger charge is 2.26. The summed E-state index contributed by atoms with van der Waals surface area (Å²) in [5.74, 6) is -0.114. The van der Waals surface area contributed by atoms with Crippen LogP contribution in [-0.4, -0.2) is 20.5 Å². The minimum atomic E-state index is -0.808. The van der Waals surface area contributed by atoms with E-state index < -0.39 is 5.97 Å². The number of carboxylic acid groups (broad SMARTS) is 1. The van der Waals surface area contributed by atoms with Gasteiger partial charge in [-0.1, -0.05) is 38.1 Å². The molecule has 0 bridgehead atoms. The lowest BCUT2D eigenvalue weighted by Crippen LogP contribution is -2.13. The second-order valence-electron chi connectivity index (χ2n) is 6.97. The van der Waals surface area contributed by atoms with E-state index in [2.05, 4.69) is 42.5 Å². The zero-order chi connectivity index (χ0) is 17.6. The van der Waals surface area contributed by atoms with Crippen molar-refractivity contribution >= 4 is 22.3 Å². The molecule has 4 rings (SSSR count). The lowest BCUT2D eigenvalue weighted by atomic mass is 9.93. The first-order valence-corrected chi connectivity index (χ1v) is 9.71. The second-order valence-corrected chi connectivity index (χ2v) is 8.03. The van der Waals surface area contributed by atoms with Gasteiger partial charge in [-0.05, 0) is 37.2 Å². The molecular formula is C20H22N2O2S. The average molecular weight is 354 g/mol. The Balaban J connectivity index is 1.88. The number of fused-ring (bicyclic) bond motifs is 3. The first kappa shape index (κ1) is 16.3. The molecule has 0 aliphatic heterocycles. The maximum absolute atomic E-state index is 11.5. The minimum Gasteiger partial charge on any atom is -0.481 e. The summed E-state index contributed by atoms with van der Waals surface area (Å²) in [5, 5.41) is 9.44. The second kappa shape index (κ2) is 6.30. The maximum Gasteiger partial charge on any atom is 0.309 e. The molecule has 0 fully saturated rings. The van der Waals surface area contributed by atoms with Crippen LogP contribution in [0.5, 0.6) is 0 Å². The van der Waals surface area contributed by atoms with Gasteiger partial charge in [0.05, 0.1) is 17.8 Å². The van der Waals surface area contributed by atoms with Gasteiger partial charge in [0.2, 0.25) is 0 Å².